The average molecular weight is 182 g/mol. The second kappa shape index (κ2) is 2.59. The summed E-state index contributed by atoms with van der Waals surface area (Å²) in [6, 6.07) is 0. The number of hydrogen-bond donors (Lipinski definition) is 0. The van der Waals surface area contributed by atoms with E-state index in [4.69, 9.17) is 12.2 Å². The summed E-state index contributed by atoms with van der Waals surface area (Å²) >= 11 is 4.98. The minimum atomic E-state index is -0.246. The van der Waals surface area contributed by atoms with Crippen molar-refractivity contribution in [3.63, 3.8) is 0 Å². The quantitative estimate of drug-likeness (QED) is 0.534. The van der Waals surface area contributed by atoms with Crippen LogP contribution in [0.1, 0.15) is 19.3 Å². The highest BCUT2D eigenvalue weighted by Crippen LogP contribution is 2.34. The van der Waals surface area contributed by atoms with Crippen molar-refractivity contribution in [2.24, 2.45) is 0 Å². The normalized spacial score (nSPS) is 22.9. The molecule has 2 rings (SSSR count). The molecule has 0 aliphatic heterocycles. The number of Topliss-reactive ketones (excluding diaryl/α,β-unsaturated/α-hetero) is 1. The predicted molar refractivity (Wildman–Crippen MR) is 47.7 cm³/mol. The number of carbonyl (C=O) groups is 1. The summed E-state index contributed by atoms with van der Waals surface area (Å²) in [5.41, 5.74) is 1.03. The molecule has 0 saturated heterocycles. The van der Waals surface area contributed by atoms with Crippen molar-refractivity contribution in [3.8, 4) is 0 Å². The Kier molecular flexibility index (Phi) is 1.68. The first kappa shape index (κ1) is 7.80. The molecule has 0 aromatic heterocycles. The summed E-state index contributed by atoms with van der Waals surface area (Å²) in [6.45, 7) is 0. The monoisotopic (exact) mass is 182 g/mol. The zero-order valence-electron chi connectivity index (χ0n) is 6.39. The van der Waals surface area contributed by atoms with E-state index in [1.54, 1.807) is 0 Å². The molecule has 0 spiro atoms. The van der Waals surface area contributed by atoms with E-state index >= 15 is 0 Å². The van der Waals surface area contributed by atoms with Crippen molar-refractivity contribution in [1.82, 2.24) is 0 Å². The van der Waals surface area contributed by atoms with E-state index in [2.05, 4.69) is 0 Å². The molecule has 0 amide bonds. The number of carbonyl (C=O) groups excluding carboxylic acids is 1. The third kappa shape index (κ3) is 0.966. The van der Waals surface area contributed by atoms with Crippen LogP contribution >= 0.6 is 12.2 Å². The molecule has 2 aliphatic rings. The fraction of sp³-hybridized carbons (Fsp3) is 0.333. The maximum absolute atomic E-state index is 13.1. The maximum atomic E-state index is 13.1. The molecule has 0 aromatic rings. The fourth-order valence-corrected chi connectivity index (χ4v) is 1.95. The Morgan fingerprint density at radius 1 is 1.42 bits per heavy atom. The Hall–Kier alpha value is -0.830. The van der Waals surface area contributed by atoms with Crippen molar-refractivity contribution in [2.45, 2.75) is 19.3 Å². The van der Waals surface area contributed by atoms with Crippen LogP contribution in [0.5, 0.6) is 0 Å². The average Bonchev–Trinajstić information content (AvgIpc) is 2.42. The first-order chi connectivity index (χ1) is 5.70. The van der Waals surface area contributed by atoms with Gasteiger partial charge in [-0.05, 0) is 18.1 Å². The number of ketones is 1. The van der Waals surface area contributed by atoms with Crippen LogP contribution in [0.2, 0.25) is 0 Å². The third-order valence-electron chi connectivity index (χ3n) is 2.22. The molecule has 3 heteroatoms. The van der Waals surface area contributed by atoms with Crippen molar-refractivity contribution >= 4 is 22.9 Å². The van der Waals surface area contributed by atoms with Crippen molar-refractivity contribution in [1.29, 1.82) is 0 Å². The minimum absolute atomic E-state index is 0.0123. The molecule has 0 radical (unpaired) electrons. The molecule has 0 N–H and O–H groups in total. The number of hydrogen-bond acceptors (Lipinski definition) is 2. The van der Waals surface area contributed by atoms with Crippen LogP contribution in [0.15, 0.2) is 23.0 Å². The van der Waals surface area contributed by atoms with Crippen LogP contribution in [-0.4, -0.2) is 10.6 Å². The summed E-state index contributed by atoms with van der Waals surface area (Å²) < 4.78 is 13.1. The van der Waals surface area contributed by atoms with Gasteiger partial charge in [0.25, 0.3) is 0 Å². The van der Waals surface area contributed by atoms with Gasteiger partial charge >= 0.3 is 0 Å². The van der Waals surface area contributed by atoms with Crippen LogP contribution in [-0.2, 0) is 4.79 Å². The molecule has 0 fully saturated rings. The number of halogens is 1. The van der Waals surface area contributed by atoms with Gasteiger partial charge in [-0.1, -0.05) is 12.2 Å². The summed E-state index contributed by atoms with van der Waals surface area (Å²) in [4.78, 5) is 11.8. The molecular formula is C9H7FOS. The largest absolute Gasteiger partial charge is 0.294 e. The van der Waals surface area contributed by atoms with Crippen LogP contribution in [0.3, 0.4) is 0 Å². The molecule has 62 valence electrons. The van der Waals surface area contributed by atoms with Gasteiger partial charge in [-0.25, -0.2) is 4.39 Å². The lowest BCUT2D eigenvalue weighted by molar-refractivity contribution is -0.114. The predicted octanol–water partition coefficient (Wildman–Crippen LogP) is 2.27. The van der Waals surface area contributed by atoms with Gasteiger partial charge in [0.05, 0.1) is 0 Å². The molecule has 0 aromatic carbocycles. The standard InChI is InChI=1S/C9H7FOS/c10-6-2-4-8(12)9-5(6)1-3-7(9)11/h2H,1,3-4H2. The van der Waals surface area contributed by atoms with E-state index in [0.717, 1.165) is 0 Å². The van der Waals surface area contributed by atoms with E-state index < -0.39 is 0 Å². The highest BCUT2D eigenvalue weighted by Gasteiger charge is 2.30. The van der Waals surface area contributed by atoms with E-state index in [0.29, 0.717) is 35.3 Å². The molecule has 0 atom stereocenters. The smallest absolute Gasteiger partial charge is 0.164 e. The van der Waals surface area contributed by atoms with E-state index in [1.165, 1.54) is 6.08 Å². The highest BCUT2D eigenvalue weighted by atomic mass is 32.1. The minimum Gasteiger partial charge on any atom is -0.294 e. The molecule has 1 nitrogen and oxygen atoms in total. The number of allylic oxidation sites excluding steroid dienone is 4. The fourth-order valence-electron chi connectivity index (χ4n) is 1.63. The second-order valence-corrected chi connectivity index (χ2v) is 3.45. The van der Waals surface area contributed by atoms with Crippen molar-refractivity contribution in [2.75, 3.05) is 0 Å². The lowest BCUT2D eigenvalue weighted by atomic mass is 9.99. The van der Waals surface area contributed by atoms with Gasteiger partial charge in [0.15, 0.2) is 5.78 Å². The summed E-state index contributed by atoms with van der Waals surface area (Å²) in [6.07, 6.45) is 2.81. The summed E-state index contributed by atoms with van der Waals surface area (Å²) in [5, 5.41) is 0. The zero-order chi connectivity index (χ0) is 8.72. The van der Waals surface area contributed by atoms with E-state index in [-0.39, 0.29) is 11.6 Å². The SMILES string of the molecule is O=C1CCC2=C1C(=S)CC=C2F. The molecule has 0 heterocycles. The second-order valence-electron chi connectivity index (χ2n) is 2.96. The van der Waals surface area contributed by atoms with Gasteiger partial charge in [0, 0.05) is 23.3 Å². The molecule has 0 saturated carbocycles. The Bertz CT molecular complexity index is 338. The van der Waals surface area contributed by atoms with Gasteiger partial charge in [0.1, 0.15) is 5.83 Å². The molecular weight excluding hydrogens is 175 g/mol. The van der Waals surface area contributed by atoms with Crippen LogP contribution in [0, 0.1) is 0 Å². The Balaban J connectivity index is 2.53. The Labute approximate surface area is 75.0 Å². The van der Waals surface area contributed by atoms with E-state index in [9.17, 15) is 9.18 Å². The van der Waals surface area contributed by atoms with Crippen LogP contribution < -0.4 is 0 Å². The lowest BCUT2D eigenvalue weighted by Gasteiger charge is -2.09. The molecule has 0 unspecified atom stereocenters. The first-order valence-electron chi connectivity index (χ1n) is 3.85. The zero-order valence-corrected chi connectivity index (χ0v) is 7.21. The van der Waals surface area contributed by atoms with Gasteiger partial charge in [0.2, 0.25) is 0 Å². The highest BCUT2D eigenvalue weighted by molar-refractivity contribution is 7.81. The first-order valence-corrected chi connectivity index (χ1v) is 4.26. The van der Waals surface area contributed by atoms with Crippen LogP contribution in [0.25, 0.3) is 0 Å². The van der Waals surface area contributed by atoms with Gasteiger partial charge in [-0.2, -0.15) is 0 Å². The molecule has 0 bridgehead atoms. The summed E-state index contributed by atoms with van der Waals surface area (Å²) in [5.74, 6) is -0.234. The number of rotatable bonds is 0. The molecule has 2 aliphatic carbocycles. The molecule has 12 heavy (non-hydrogen) atoms. The topological polar surface area (TPSA) is 17.1 Å². The van der Waals surface area contributed by atoms with Gasteiger partial charge in [-0.3, -0.25) is 4.79 Å². The van der Waals surface area contributed by atoms with Crippen LogP contribution in [0.4, 0.5) is 4.39 Å². The maximum Gasteiger partial charge on any atom is 0.164 e. The van der Waals surface area contributed by atoms with Gasteiger partial charge in [-0.15, -0.1) is 0 Å². The van der Waals surface area contributed by atoms with Crippen molar-refractivity contribution in [3.05, 3.63) is 23.0 Å². The lowest BCUT2D eigenvalue weighted by Crippen LogP contribution is -2.10. The van der Waals surface area contributed by atoms with Crippen molar-refractivity contribution < 1.29 is 9.18 Å². The van der Waals surface area contributed by atoms with E-state index in [1.807, 2.05) is 0 Å². The Morgan fingerprint density at radius 2 is 2.17 bits per heavy atom. The Morgan fingerprint density at radius 3 is 2.83 bits per heavy atom. The third-order valence-corrected chi connectivity index (χ3v) is 2.59. The van der Waals surface area contributed by atoms with Gasteiger partial charge < -0.3 is 0 Å². The summed E-state index contributed by atoms with van der Waals surface area (Å²) in [7, 11) is 0. The number of thiocarbonyl (C=S) groups is 1.